The van der Waals surface area contributed by atoms with Gasteiger partial charge in [0, 0.05) is 0 Å². The van der Waals surface area contributed by atoms with Crippen LogP contribution in [0.1, 0.15) is 5.56 Å². The summed E-state index contributed by atoms with van der Waals surface area (Å²) >= 11 is 0. The molecule has 0 fully saturated rings. The Morgan fingerprint density at radius 1 is 1.37 bits per heavy atom. The molecule has 1 aromatic carbocycles. The summed E-state index contributed by atoms with van der Waals surface area (Å²) in [5, 5.41) is 8.44. The van der Waals surface area contributed by atoms with Crippen LogP contribution in [0.15, 0.2) is 29.2 Å². The number of esters is 1. The Morgan fingerprint density at radius 2 is 2.05 bits per heavy atom. The van der Waals surface area contributed by atoms with E-state index >= 15 is 0 Å². The van der Waals surface area contributed by atoms with Gasteiger partial charge in [0.15, 0.2) is 0 Å². The molecule has 7 nitrogen and oxygen atoms in total. The molecule has 0 aromatic heterocycles. The number of sulfonamides is 1. The van der Waals surface area contributed by atoms with E-state index in [1.165, 1.54) is 25.3 Å². The highest BCUT2D eigenvalue weighted by Gasteiger charge is 2.16. The molecule has 8 heteroatoms. The fraction of sp³-hybridized carbons (Fsp3) is 0.273. The Morgan fingerprint density at radius 3 is 2.63 bits per heavy atom. The number of benzene rings is 1. The molecule has 0 bridgehead atoms. The number of hydrogen-bond acceptors (Lipinski definition) is 5. The second kappa shape index (κ2) is 6.30. The Bertz CT molecular complexity index is 581. The van der Waals surface area contributed by atoms with E-state index in [0.29, 0.717) is 5.56 Å². The maximum Gasteiger partial charge on any atom is 0.318 e. The van der Waals surface area contributed by atoms with Gasteiger partial charge in [0.2, 0.25) is 10.0 Å². The van der Waals surface area contributed by atoms with Gasteiger partial charge in [-0.15, -0.1) is 0 Å². The van der Waals surface area contributed by atoms with E-state index in [2.05, 4.69) is 4.74 Å². The number of carbonyl (C=O) groups excluding carboxylic acids is 1. The molecule has 1 rings (SSSR count). The SMILES string of the molecule is COC(=O)Cc1cccc(S(=O)(=O)NCC(=O)O)c1. The predicted molar refractivity (Wildman–Crippen MR) is 65.0 cm³/mol. The molecule has 0 unspecified atom stereocenters. The monoisotopic (exact) mass is 287 g/mol. The first-order valence-electron chi connectivity index (χ1n) is 5.22. The van der Waals surface area contributed by atoms with E-state index in [9.17, 15) is 18.0 Å². The minimum absolute atomic E-state index is 0.0568. The topological polar surface area (TPSA) is 110 Å². The zero-order valence-corrected chi connectivity index (χ0v) is 10.9. The standard InChI is InChI=1S/C11H13NO6S/c1-18-11(15)6-8-3-2-4-9(5-8)19(16,17)12-7-10(13)14/h2-5,12H,6-7H2,1H3,(H,13,14). The molecular formula is C11H13NO6S. The van der Waals surface area contributed by atoms with Crippen LogP contribution in [0.3, 0.4) is 0 Å². The second-order valence-electron chi connectivity index (χ2n) is 3.62. The van der Waals surface area contributed by atoms with Crippen molar-refractivity contribution in [3.63, 3.8) is 0 Å². The normalized spacial score (nSPS) is 11.0. The molecule has 0 aliphatic heterocycles. The fourth-order valence-corrected chi connectivity index (χ4v) is 2.35. The van der Waals surface area contributed by atoms with Gasteiger partial charge in [-0.25, -0.2) is 8.42 Å². The molecule has 0 amide bonds. The van der Waals surface area contributed by atoms with Crippen molar-refractivity contribution in [1.82, 2.24) is 4.72 Å². The number of nitrogens with one attached hydrogen (secondary N) is 1. The first-order valence-corrected chi connectivity index (χ1v) is 6.70. The van der Waals surface area contributed by atoms with Crippen LogP contribution in [0.5, 0.6) is 0 Å². The molecule has 0 heterocycles. The van der Waals surface area contributed by atoms with Crippen LogP contribution in [-0.2, 0) is 30.8 Å². The summed E-state index contributed by atoms with van der Waals surface area (Å²) in [5.74, 6) is -1.78. The molecule has 0 radical (unpaired) electrons. The molecule has 0 aliphatic carbocycles. The first-order chi connectivity index (χ1) is 8.85. The molecule has 0 atom stereocenters. The highest BCUT2D eigenvalue weighted by Crippen LogP contribution is 2.12. The second-order valence-corrected chi connectivity index (χ2v) is 5.39. The summed E-state index contributed by atoms with van der Waals surface area (Å²) in [6.07, 6.45) is -0.0568. The van der Waals surface area contributed by atoms with E-state index in [4.69, 9.17) is 5.11 Å². The minimum Gasteiger partial charge on any atom is -0.480 e. The molecule has 0 saturated heterocycles. The van der Waals surface area contributed by atoms with Crippen molar-refractivity contribution in [2.45, 2.75) is 11.3 Å². The number of carbonyl (C=O) groups is 2. The smallest absolute Gasteiger partial charge is 0.318 e. The van der Waals surface area contributed by atoms with Crippen LogP contribution in [0.25, 0.3) is 0 Å². The molecule has 0 saturated carbocycles. The predicted octanol–water partition coefficient (Wildman–Crippen LogP) is -0.235. The zero-order valence-electron chi connectivity index (χ0n) is 10.1. The molecule has 0 aliphatic rings. The van der Waals surface area contributed by atoms with Gasteiger partial charge in [-0.1, -0.05) is 12.1 Å². The van der Waals surface area contributed by atoms with Crippen molar-refractivity contribution in [3.05, 3.63) is 29.8 Å². The third-order valence-electron chi connectivity index (χ3n) is 2.20. The Hall–Kier alpha value is -1.93. The number of methoxy groups -OCH3 is 1. The summed E-state index contributed by atoms with van der Waals surface area (Å²) in [6.45, 7) is -0.705. The maximum atomic E-state index is 11.8. The van der Waals surface area contributed by atoms with Crippen molar-refractivity contribution in [1.29, 1.82) is 0 Å². The largest absolute Gasteiger partial charge is 0.480 e. The Labute approximate surface area is 110 Å². The van der Waals surface area contributed by atoms with E-state index in [-0.39, 0.29) is 11.3 Å². The lowest BCUT2D eigenvalue weighted by Crippen LogP contribution is -2.29. The van der Waals surface area contributed by atoms with Crippen LogP contribution in [0.2, 0.25) is 0 Å². The number of ether oxygens (including phenoxy) is 1. The average molecular weight is 287 g/mol. The van der Waals surface area contributed by atoms with Gasteiger partial charge in [-0.2, -0.15) is 4.72 Å². The van der Waals surface area contributed by atoms with Crippen molar-refractivity contribution < 1.29 is 27.9 Å². The molecular weight excluding hydrogens is 274 g/mol. The zero-order chi connectivity index (χ0) is 14.5. The molecule has 1 aromatic rings. The van der Waals surface area contributed by atoms with Gasteiger partial charge in [0.05, 0.1) is 18.4 Å². The van der Waals surface area contributed by atoms with Crippen LogP contribution in [-0.4, -0.2) is 39.1 Å². The number of carboxylic acids is 1. The van der Waals surface area contributed by atoms with Crippen molar-refractivity contribution in [3.8, 4) is 0 Å². The third-order valence-corrected chi connectivity index (χ3v) is 3.60. The molecule has 0 spiro atoms. The van der Waals surface area contributed by atoms with Crippen LogP contribution < -0.4 is 4.72 Å². The number of rotatable bonds is 6. The van der Waals surface area contributed by atoms with Crippen molar-refractivity contribution in [2.24, 2.45) is 0 Å². The van der Waals surface area contributed by atoms with Gasteiger partial charge in [0.1, 0.15) is 6.54 Å². The van der Waals surface area contributed by atoms with E-state index in [1.807, 2.05) is 4.72 Å². The van der Waals surface area contributed by atoms with Crippen LogP contribution in [0, 0.1) is 0 Å². The van der Waals surface area contributed by atoms with Crippen LogP contribution >= 0.6 is 0 Å². The van der Waals surface area contributed by atoms with Crippen molar-refractivity contribution >= 4 is 22.0 Å². The summed E-state index contributed by atoms with van der Waals surface area (Å²) in [6, 6.07) is 5.65. The quantitative estimate of drug-likeness (QED) is 0.699. The highest BCUT2D eigenvalue weighted by molar-refractivity contribution is 7.89. The number of hydrogen-bond donors (Lipinski definition) is 2. The molecule has 2 N–H and O–H groups in total. The highest BCUT2D eigenvalue weighted by atomic mass is 32.2. The van der Waals surface area contributed by atoms with Gasteiger partial charge in [-0.05, 0) is 17.7 Å². The molecule has 19 heavy (non-hydrogen) atoms. The number of aliphatic carboxylic acids is 1. The van der Waals surface area contributed by atoms with Gasteiger partial charge in [-0.3, -0.25) is 9.59 Å². The van der Waals surface area contributed by atoms with Crippen LogP contribution in [0.4, 0.5) is 0 Å². The summed E-state index contributed by atoms with van der Waals surface area (Å²) < 4.78 is 29.9. The third kappa shape index (κ3) is 4.68. The Kier molecular flexibility index (Phi) is 5.02. The van der Waals surface area contributed by atoms with Gasteiger partial charge in [0.25, 0.3) is 0 Å². The molecule has 104 valence electrons. The lowest BCUT2D eigenvalue weighted by molar-refractivity contribution is -0.140. The summed E-state index contributed by atoms with van der Waals surface area (Å²) in [5.41, 5.74) is 0.463. The lowest BCUT2D eigenvalue weighted by Gasteiger charge is -2.06. The maximum absolute atomic E-state index is 11.8. The van der Waals surface area contributed by atoms with E-state index < -0.39 is 28.5 Å². The van der Waals surface area contributed by atoms with Crippen molar-refractivity contribution in [2.75, 3.05) is 13.7 Å². The van der Waals surface area contributed by atoms with E-state index in [1.54, 1.807) is 6.07 Å². The lowest BCUT2D eigenvalue weighted by atomic mass is 10.1. The minimum atomic E-state index is -3.90. The number of carboxylic acid groups (broad SMARTS) is 1. The summed E-state index contributed by atoms with van der Waals surface area (Å²) in [4.78, 5) is 21.3. The fourth-order valence-electron chi connectivity index (χ4n) is 1.30. The van der Waals surface area contributed by atoms with Gasteiger partial charge < -0.3 is 9.84 Å². The Balaban J connectivity index is 2.92. The first kappa shape index (κ1) is 15.1. The summed E-state index contributed by atoms with van der Waals surface area (Å²) in [7, 11) is -2.67. The average Bonchev–Trinajstić information content (AvgIpc) is 2.36. The van der Waals surface area contributed by atoms with Gasteiger partial charge >= 0.3 is 11.9 Å². The van der Waals surface area contributed by atoms with E-state index in [0.717, 1.165) is 0 Å².